The van der Waals surface area contributed by atoms with Crippen LogP contribution in [0.4, 0.5) is 0 Å². The molecule has 0 fully saturated rings. The maximum Gasteiger partial charge on any atom is 0.218 e. The number of rotatable bonds is 4. The van der Waals surface area contributed by atoms with E-state index in [1.807, 2.05) is 12.1 Å². The van der Waals surface area contributed by atoms with Crippen LogP contribution in [0.3, 0.4) is 0 Å². The molecule has 2 N–H and O–H groups in total. The van der Waals surface area contributed by atoms with E-state index in [4.69, 9.17) is 4.74 Å². The van der Waals surface area contributed by atoms with Gasteiger partial charge in [0.25, 0.3) is 0 Å². The maximum absolute atomic E-state index is 11.1. The van der Waals surface area contributed by atoms with Gasteiger partial charge in [0.2, 0.25) is 11.8 Å². The van der Waals surface area contributed by atoms with Crippen molar-refractivity contribution in [3.8, 4) is 5.75 Å². The quantitative estimate of drug-likeness (QED) is 0.765. The minimum Gasteiger partial charge on any atom is -0.496 e. The molecule has 0 aliphatic carbocycles. The second-order valence-electron chi connectivity index (χ2n) is 3.58. The molecule has 0 aliphatic rings. The zero-order valence-corrected chi connectivity index (χ0v) is 10.1. The molecule has 0 bridgehead atoms. The van der Waals surface area contributed by atoms with Gasteiger partial charge in [-0.3, -0.25) is 9.59 Å². The lowest BCUT2D eigenvalue weighted by Gasteiger charge is -2.21. The van der Waals surface area contributed by atoms with Crippen molar-refractivity contribution in [3.63, 3.8) is 0 Å². The summed E-state index contributed by atoms with van der Waals surface area (Å²) in [4.78, 5) is 22.2. The molecule has 1 aromatic rings. The molecule has 2 amide bonds. The van der Waals surface area contributed by atoms with Crippen molar-refractivity contribution in [2.24, 2.45) is 0 Å². The monoisotopic (exact) mass is 236 g/mol. The highest BCUT2D eigenvalue weighted by atomic mass is 16.5. The van der Waals surface area contributed by atoms with Crippen LogP contribution in [0, 0.1) is 0 Å². The minimum atomic E-state index is -0.582. The van der Waals surface area contributed by atoms with Gasteiger partial charge in [-0.05, 0) is 6.07 Å². The van der Waals surface area contributed by atoms with Crippen molar-refractivity contribution in [1.82, 2.24) is 10.6 Å². The minimum absolute atomic E-state index is 0.227. The Labute approximate surface area is 100 Å². The Balaban J connectivity index is 3.02. The predicted octanol–water partition coefficient (Wildman–Crippen LogP) is 0.966. The highest BCUT2D eigenvalue weighted by molar-refractivity contribution is 5.77. The van der Waals surface area contributed by atoms with Crippen molar-refractivity contribution in [1.29, 1.82) is 0 Å². The van der Waals surface area contributed by atoms with Gasteiger partial charge in [-0.25, -0.2) is 0 Å². The molecule has 5 nitrogen and oxygen atoms in total. The van der Waals surface area contributed by atoms with Crippen LogP contribution >= 0.6 is 0 Å². The molecule has 0 heterocycles. The van der Waals surface area contributed by atoms with Crippen LogP contribution in [0.1, 0.15) is 25.6 Å². The van der Waals surface area contributed by atoms with Crippen molar-refractivity contribution in [3.05, 3.63) is 29.8 Å². The van der Waals surface area contributed by atoms with Crippen molar-refractivity contribution >= 4 is 11.8 Å². The standard InChI is InChI=1S/C12H16N2O3/c1-8(15)13-12(14-9(2)16)10-6-4-5-7-11(10)17-3/h4-7,12H,1-3H3,(H,13,15)(H,14,16). The number of hydrogen-bond donors (Lipinski definition) is 2. The summed E-state index contributed by atoms with van der Waals surface area (Å²) in [5.74, 6) is 0.157. The SMILES string of the molecule is COc1ccccc1C(NC(C)=O)NC(C)=O. The van der Waals surface area contributed by atoms with Gasteiger partial charge in [0.15, 0.2) is 0 Å². The van der Waals surface area contributed by atoms with Crippen LogP contribution in [-0.4, -0.2) is 18.9 Å². The zero-order valence-electron chi connectivity index (χ0n) is 10.1. The zero-order chi connectivity index (χ0) is 12.8. The summed E-state index contributed by atoms with van der Waals surface area (Å²) in [7, 11) is 1.54. The third-order valence-electron chi connectivity index (χ3n) is 2.15. The Kier molecular flexibility index (Phi) is 4.51. The number of methoxy groups -OCH3 is 1. The van der Waals surface area contributed by atoms with Crippen molar-refractivity contribution in [2.75, 3.05) is 7.11 Å². The molecule has 92 valence electrons. The fourth-order valence-electron chi connectivity index (χ4n) is 1.50. The molecule has 1 aromatic carbocycles. The number of carbonyl (C=O) groups excluding carboxylic acids is 2. The number of hydrogen-bond acceptors (Lipinski definition) is 3. The van der Waals surface area contributed by atoms with Gasteiger partial charge in [0.05, 0.1) is 7.11 Å². The van der Waals surface area contributed by atoms with E-state index in [2.05, 4.69) is 10.6 Å². The number of ether oxygens (including phenoxy) is 1. The average Bonchev–Trinajstić information content (AvgIpc) is 2.27. The molecule has 0 saturated heterocycles. The molecule has 1 rings (SSSR count). The Morgan fingerprint density at radius 3 is 2.12 bits per heavy atom. The number of para-hydroxylation sites is 1. The number of benzene rings is 1. The molecule has 0 saturated carbocycles. The van der Waals surface area contributed by atoms with Gasteiger partial charge < -0.3 is 15.4 Å². The predicted molar refractivity (Wildman–Crippen MR) is 63.4 cm³/mol. The van der Waals surface area contributed by atoms with Crippen LogP contribution in [0.15, 0.2) is 24.3 Å². The summed E-state index contributed by atoms with van der Waals surface area (Å²) in [5.41, 5.74) is 0.709. The lowest BCUT2D eigenvalue weighted by molar-refractivity contribution is -0.122. The van der Waals surface area contributed by atoms with E-state index >= 15 is 0 Å². The lowest BCUT2D eigenvalue weighted by atomic mass is 10.1. The molecule has 0 spiro atoms. The first-order valence-electron chi connectivity index (χ1n) is 5.21. The first-order valence-corrected chi connectivity index (χ1v) is 5.21. The fraction of sp³-hybridized carbons (Fsp3) is 0.333. The van der Waals surface area contributed by atoms with Gasteiger partial charge in [-0.1, -0.05) is 18.2 Å². The molecule has 0 aliphatic heterocycles. The molecule has 0 atom stereocenters. The maximum atomic E-state index is 11.1. The Hall–Kier alpha value is -2.04. The second kappa shape index (κ2) is 5.89. The summed E-state index contributed by atoms with van der Waals surface area (Å²) in [6, 6.07) is 7.19. The Morgan fingerprint density at radius 2 is 1.65 bits per heavy atom. The highest BCUT2D eigenvalue weighted by Crippen LogP contribution is 2.23. The Bertz CT molecular complexity index is 402. The first-order chi connectivity index (χ1) is 8.04. The molecular formula is C12H16N2O3. The molecule has 5 heteroatoms. The summed E-state index contributed by atoms with van der Waals surface area (Å²) in [6.07, 6.45) is -0.582. The van der Waals surface area contributed by atoms with E-state index in [9.17, 15) is 9.59 Å². The molecule has 17 heavy (non-hydrogen) atoms. The van der Waals surface area contributed by atoms with Crippen molar-refractivity contribution < 1.29 is 14.3 Å². The topological polar surface area (TPSA) is 67.4 Å². The van der Waals surface area contributed by atoms with E-state index < -0.39 is 6.17 Å². The summed E-state index contributed by atoms with van der Waals surface area (Å²) in [6.45, 7) is 2.79. The number of carbonyl (C=O) groups is 2. The van der Waals surface area contributed by atoms with Gasteiger partial charge in [-0.2, -0.15) is 0 Å². The smallest absolute Gasteiger partial charge is 0.218 e. The average molecular weight is 236 g/mol. The molecule has 0 aromatic heterocycles. The summed E-state index contributed by atoms with van der Waals surface area (Å²) >= 11 is 0. The highest BCUT2D eigenvalue weighted by Gasteiger charge is 2.17. The first kappa shape index (κ1) is 13.0. The van der Waals surface area contributed by atoms with Gasteiger partial charge in [-0.15, -0.1) is 0 Å². The molecular weight excluding hydrogens is 220 g/mol. The van der Waals surface area contributed by atoms with Gasteiger partial charge in [0.1, 0.15) is 11.9 Å². The van der Waals surface area contributed by atoms with E-state index in [0.717, 1.165) is 0 Å². The third-order valence-corrected chi connectivity index (χ3v) is 2.15. The van der Waals surface area contributed by atoms with Crippen LogP contribution in [0.25, 0.3) is 0 Å². The van der Waals surface area contributed by atoms with Crippen LogP contribution in [-0.2, 0) is 9.59 Å². The van der Waals surface area contributed by atoms with Gasteiger partial charge in [0, 0.05) is 19.4 Å². The lowest BCUT2D eigenvalue weighted by Crippen LogP contribution is -2.39. The van der Waals surface area contributed by atoms with Gasteiger partial charge >= 0.3 is 0 Å². The molecule has 0 radical (unpaired) electrons. The summed E-state index contributed by atoms with van der Waals surface area (Å²) in [5, 5.41) is 5.30. The van der Waals surface area contributed by atoms with E-state index in [1.54, 1.807) is 12.1 Å². The Morgan fingerprint density at radius 1 is 1.12 bits per heavy atom. The number of nitrogens with one attached hydrogen (secondary N) is 2. The van der Waals surface area contributed by atoms with E-state index in [-0.39, 0.29) is 11.8 Å². The molecule has 0 unspecified atom stereocenters. The second-order valence-corrected chi connectivity index (χ2v) is 3.58. The third kappa shape index (κ3) is 3.79. The fourth-order valence-corrected chi connectivity index (χ4v) is 1.50. The number of amides is 2. The summed E-state index contributed by atoms with van der Waals surface area (Å²) < 4.78 is 5.19. The van der Waals surface area contributed by atoms with Crippen LogP contribution < -0.4 is 15.4 Å². The van der Waals surface area contributed by atoms with Crippen molar-refractivity contribution in [2.45, 2.75) is 20.0 Å². The van der Waals surface area contributed by atoms with E-state index in [0.29, 0.717) is 11.3 Å². The van der Waals surface area contributed by atoms with Crippen LogP contribution in [0.2, 0.25) is 0 Å². The van der Waals surface area contributed by atoms with Crippen LogP contribution in [0.5, 0.6) is 5.75 Å². The largest absolute Gasteiger partial charge is 0.496 e. The van der Waals surface area contributed by atoms with E-state index in [1.165, 1.54) is 21.0 Å². The normalized spacial score (nSPS) is 9.88.